The lowest BCUT2D eigenvalue weighted by Gasteiger charge is -2.13. The van der Waals surface area contributed by atoms with E-state index >= 15 is 0 Å². The molecule has 0 fully saturated rings. The molecule has 3 heteroatoms. The molecule has 0 spiro atoms. The molecule has 0 aliphatic rings. The van der Waals surface area contributed by atoms with Gasteiger partial charge in [0.1, 0.15) is 16.8 Å². The third kappa shape index (κ3) is 5.28. The second-order valence-corrected chi connectivity index (χ2v) is 14.1. The largest absolute Gasteiger partial charge is 0.436 e. The highest BCUT2D eigenvalue weighted by atomic mass is 16.3. The van der Waals surface area contributed by atoms with Crippen molar-refractivity contribution in [3.05, 3.63) is 194 Å². The smallest absolute Gasteiger partial charge is 0.246 e. The number of fused-ring (bicyclic) bond motifs is 9. The van der Waals surface area contributed by atoms with E-state index in [1.54, 1.807) is 0 Å². The van der Waals surface area contributed by atoms with E-state index in [1.165, 1.54) is 37.9 Å². The number of benzene rings is 9. The zero-order valence-electron chi connectivity index (χ0n) is 29.8. The Morgan fingerprint density at radius 2 is 0.709 bits per heavy atom. The second-order valence-electron chi connectivity index (χ2n) is 14.1. The summed E-state index contributed by atoms with van der Waals surface area (Å²) in [7, 11) is 0. The summed E-state index contributed by atoms with van der Waals surface area (Å²) in [6, 6.07) is 68.8. The van der Waals surface area contributed by atoms with E-state index in [2.05, 4.69) is 176 Å². The molecule has 0 aliphatic heterocycles. The minimum Gasteiger partial charge on any atom is -0.436 e. The fourth-order valence-electron chi connectivity index (χ4n) is 8.17. The van der Waals surface area contributed by atoms with Gasteiger partial charge in [0.15, 0.2) is 0 Å². The molecular weight excluding hydrogens is 669 g/mol. The van der Waals surface area contributed by atoms with Crippen molar-refractivity contribution in [2.75, 3.05) is 0 Å². The van der Waals surface area contributed by atoms with E-state index in [9.17, 15) is 0 Å². The maximum absolute atomic E-state index is 6.44. The Morgan fingerprint density at radius 3 is 1.40 bits per heavy atom. The molecule has 9 aromatic carbocycles. The Balaban J connectivity index is 1.09. The maximum Gasteiger partial charge on any atom is 0.246 e. The van der Waals surface area contributed by atoms with Crippen molar-refractivity contribution < 1.29 is 4.42 Å². The van der Waals surface area contributed by atoms with Crippen molar-refractivity contribution in [3.63, 3.8) is 0 Å². The third-order valence-electron chi connectivity index (χ3n) is 10.9. The number of rotatable bonds is 5. The zero-order chi connectivity index (χ0) is 36.3. The summed E-state index contributed by atoms with van der Waals surface area (Å²) in [6.45, 7) is 0. The van der Waals surface area contributed by atoms with E-state index in [1.807, 2.05) is 18.2 Å². The summed E-state index contributed by atoms with van der Waals surface area (Å²) in [6.07, 6.45) is 0. The minimum atomic E-state index is 0.523. The fourth-order valence-corrected chi connectivity index (χ4v) is 8.17. The summed E-state index contributed by atoms with van der Waals surface area (Å²) >= 11 is 0. The van der Waals surface area contributed by atoms with Crippen LogP contribution in [0, 0.1) is 0 Å². The summed E-state index contributed by atoms with van der Waals surface area (Å²) in [5.41, 5.74) is 12.4. The Kier molecular flexibility index (Phi) is 7.17. The van der Waals surface area contributed by atoms with Crippen LogP contribution in [-0.2, 0) is 0 Å². The summed E-state index contributed by atoms with van der Waals surface area (Å²) in [4.78, 5) is 10.7. The first-order chi connectivity index (χ1) is 27.2. The van der Waals surface area contributed by atoms with Gasteiger partial charge in [0, 0.05) is 16.5 Å². The average Bonchev–Trinajstić information content (AvgIpc) is 3.63. The van der Waals surface area contributed by atoms with Crippen LogP contribution in [0.2, 0.25) is 0 Å². The molecule has 0 unspecified atom stereocenters. The number of hydrogen-bond donors (Lipinski definition) is 0. The van der Waals surface area contributed by atoms with Crippen molar-refractivity contribution >= 4 is 54.5 Å². The molecule has 0 aliphatic carbocycles. The van der Waals surface area contributed by atoms with Gasteiger partial charge in [0.25, 0.3) is 0 Å². The monoisotopic (exact) mass is 700 g/mol. The first kappa shape index (κ1) is 31.2. The lowest BCUT2D eigenvalue weighted by Crippen LogP contribution is -1.95. The predicted molar refractivity (Wildman–Crippen MR) is 229 cm³/mol. The van der Waals surface area contributed by atoms with Gasteiger partial charge in [-0.15, -0.1) is 0 Å². The first-order valence-corrected chi connectivity index (χ1v) is 18.6. The van der Waals surface area contributed by atoms with Crippen molar-refractivity contribution in [2.24, 2.45) is 0 Å². The molecule has 0 atom stereocenters. The first-order valence-electron chi connectivity index (χ1n) is 18.6. The second kappa shape index (κ2) is 12.6. The van der Waals surface area contributed by atoms with Crippen LogP contribution in [-0.4, -0.2) is 9.97 Å². The number of aromatic nitrogens is 2. The van der Waals surface area contributed by atoms with Crippen LogP contribution < -0.4 is 0 Å². The molecule has 3 nitrogen and oxygen atoms in total. The third-order valence-corrected chi connectivity index (χ3v) is 10.9. The Labute approximate surface area is 317 Å². The zero-order valence-corrected chi connectivity index (χ0v) is 29.8. The van der Waals surface area contributed by atoms with Crippen LogP contribution in [0.5, 0.6) is 0 Å². The quantitative estimate of drug-likeness (QED) is 0.168. The summed E-state index contributed by atoms with van der Waals surface area (Å²) in [5.74, 6) is 0. The van der Waals surface area contributed by atoms with Gasteiger partial charge in [0.2, 0.25) is 5.71 Å². The van der Waals surface area contributed by atoms with Crippen LogP contribution in [0.15, 0.2) is 199 Å². The fraction of sp³-hybridized carbons (Fsp3) is 0. The van der Waals surface area contributed by atoms with Crippen LogP contribution in [0.1, 0.15) is 0 Å². The van der Waals surface area contributed by atoms with E-state index in [0.29, 0.717) is 5.71 Å². The summed E-state index contributed by atoms with van der Waals surface area (Å²) in [5, 5.41) is 8.52. The average molecular weight is 701 g/mol. The van der Waals surface area contributed by atoms with Gasteiger partial charge in [-0.25, -0.2) is 9.97 Å². The van der Waals surface area contributed by atoms with E-state index in [4.69, 9.17) is 14.4 Å². The molecule has 0 saturated heterocycles. The number of hydrogen-bond acceptors (Lipinski definition) is 3. The summed E-state index contributed by atoms with van der Waals surface area (Å²) < 4.78 is 6.44. The molecule has 0 N–H and O–H groups in total. The van der Waals surface area contributed by atoms with Crippen molar-refractivity contribution in [1.82, 2.24) is 9.97 Å². The minimum absolute atomic E-state index is 0.523. The van der Waals surface area contributed by atoms with Crippen LogP contribution in [0.4, 0.5) is 0 Å². The van der Waals surface area contributed by atoms with Gasteiger partial charge >= 0.3 is 0 Å². The van der Waals surface area contributed by atoms with Gasteiger partial charge in [-0.05, 0) is 90.0 Å². The normalized spacial score (nSPS) is 11.6. The number of furan rings is 1. The molecule has 2 heterocycles. The van der Waals surface area contributed by atoms with Gasteiger partial charge in [-0.2, -0.15) is 0 Å². The lowest BCUT2D eigenvalue weighted by molar-refractivity contribution is 0.653. The van der Waals surface area contributed by atoms with Crippen LogP contribution in [0.3, 0.4) is 0 Å². The molecule has 11 rings (SSSR count). The van der Waals surface area contributed by atoms with Gasteiger partial charge in [-0.1, -0.05) is 170 Å². The highest BCUT2D eigenvalue weighted by Gasteiger charge is 2.19. The molecule has 0 saturated carbocycles. The van der Waals surface area contributed by atoms with Crippen molar-refractivity contribution in [1.29, 1.82) is 0 Å². The van der Waals surface area contributed by atoms with Crippen LogP contribution >= 0.6 is 0 Å². The van der Waals surface area contributed by atoms with Gasteiger partial charge in [0.05, 0.1) is 5.69 Å². The van der Waals surface area contributed by atoms with E-state index in [-0.39, 0.29) is 0 Å². The highest BCUT2D eigenvalue weighted by Crippen LogP contribution is 2.40. The van der Waals surface area contributed by atoms with E-state index < -0.39 is 0 Å². The lowest BCUT2D eigenvalue weighted by atomic mass is 9.91. The molecule has 0 amide bonds. The topological polar surface area (TPSA) is 38.9 Å². The SMILES string of the molecule is c1ccc(-c2ccc(-c3nc4c(nc3-c3cccc(-c5ccc6c7ccccc7c7ccccc7c6c5)c3)oc3ccc(-c5ccccc5)cc34)cc2)cc1. The number of nitrogens with zero attached hydrogens (tertiary/aromatic N) is 2. The molecular formula is C52H32N2O. The highest BCUT2D eigenvalue weighted by molar-refractivity contribution is 6.25. The standard InChI is InChI=1S/C52H32N2O/c1-3-12-33(13-4-1)35-22-24-36(25-23-35)49-50(54-52-51(53-49)47-32-38(27-29-48(47)55-52)34-14-5-2-6-15-34)40-17-11-16-37(30-40)39-26-28-45-43-20-8-7-18-41(43)42-19-9-10-21-44(42)46(45)31-39/h1-32H. The molecule has 2 aromatic heterocycles. The van der Waals surface area contributed by atoms with Crippen molar-refractivity contribution in [3.8, 4) is 55.9 Å². The Morgan fingerprint density at radius 1 is 0.273 bits per heavy atom. The molecule has 11 aromatic rings. The van der Waals surface area contributed by atoms with Gasteiger partial charge < -0.3 is 4.42 Å². The molecule has 0 radical (unpaired) electrons. The Hall–Kier alpha value is -7.36. The Bertz CT molecular complexity index is 3200. The predicted octanol–water partition coefficient (Wildman–Crippen LogP) is 14.2. The van der Waals surface area contributed by atoms with Gasteiger partial charge in [-0.3, -0.25) is 0 Å². The maximum atomic E-state index is 6.44. The molecule has 55 heavy (non-hydrogen) atoms. The van der Waals surface area contributed by atoms with Crippen molar-refractivity contribution in [2.45, 2.75) is 0 Å². The van der Waals surface area contributed by atoms with Crippen LogP contribution in [0.25, 0.3) is 110 Å². The van der Waals surface area contributed by atoms with E-state index in [0.717, 1.165) is 66.8 Å². The molecule has 256 valence electrons. The molecule has 0 bridgehead atoms.